The molecule has 3 aliphatic rings. The van der Waals surface area contributed by atoms with Gasteiger partial charge in [-0.05, 0) is 37.3 Å². The quantitative estimate of drug-likeness (QED) is 0.662. The number of benzene rings is 1. The summed E-state index contributed by atoms with van der Waals surface area (Å²) < 4.78 is 5.44. The number of hydrogen-bond acceptors (Lipinski definition) is 4. The minimum atomic E-state index is 0.0970. The fourth-order valence-corrected chi connectivity index (χ4v) is 4.67. The molecular weight excluding hydrogens is 402 g/mol. The van der Waals surface area contributed by atoms with Crippen molar-refractivity contribution in [2.24, 2.45) is 5.92 Å². The first-order valence-corrected chi connectivity index (χ1v) is 11.6. The van der Waals surface area contributed by atoms with Crippen molar-refractivity contribution in [1.29, 1.82) is 0 Å². The standard InChI is InChI=1S/C23H32ClN3O3/c24-21-6-2-1-4-19(21)16-22(28)26-9-3-5-20(17-26)27(23(29)18-7-8-18)11-10-25-12-14-30-15-13-25/h1-2,4,6,18,20H,3,5,7-17H2. The van der Waals surface area contributed by atoms with Crippen LogP contribution in [0.25, 0.3) is 0 Å². The van der Waals surface area contributed by atoms with Crippen LogP contribution in [0.1, 0.15) is 31.2 Å². The van der Waals surface area contributed by atoms with Gasteiger partial charge in [0.2, 0.25) is 11.8 Å². The minimum absolute atomic E-state index is 0.0970. The van der Waals surface area contributed by atoms with Crippen molar-refractivity contribution in [3.63, 3.8) is 0 Å². The topological polar surface area (TPSA) is 53.1 Å². The van der Waals surface area contributed by atoms with E-state index in [-0.39, 0.29) is 23.8 Å². The van der Waals surface area contributed by atoms with Crippen LogP contribution in [-0.4, -0.2) is 85.0 Å². The van der Waals surface area contributed by atoms with Crippen LogP contribution in [0.4, 0.5) is 0 Å². The molecule has 1 aromatic rings. The smallest absolute Gasteiger partial charge is 0.227 e. The third-order valence-electron chi connectivity index (χ3n) is 6.46. The van der Waals surface area contributed by atoms with Crippen LogP contribution in [0.2, 0.25) is 5.02 Å². The highest BCUT2D eigenvalue weighted by atomic mass is 35.5. The molecule has 6 nitrogen and oxygen atoms in total. The van der Waals surface area contributed by atoms with E-state index in [1.165, 1.54) is 0 Å². The molecule has 4 rings (SSSR count). The van der Waals surface area contributed by atoms with Crippen molar-refractivity contribution >= 4 is 23.4 Å². The van der Waals surface area contributed by atoms with Crippen molar-refractivity contribution in [2.75, 3.05) is 52.5 Å². The normalized spacial score (nSPS) is 22.7. The average molecular weight is 434 g/mol. The van der Waals surface area contributed by atoms with E-state index < -0.39 is 0 Å². The first-order chi connectivity index (χ1) is 14.6. The lowest BCUT2D eigenvalue weighted by Gasteiger charge is -2.40. The van der Waals surface area contributed by atoms with Gasteiger partial charge < -0.3 is 14.5 Å². The molecule has 0 radical (unpaired) electrons. The highest BCUT2D eigenvalue weighted by molar-refractivity contribution is 6.31. The summed E-state index contributed by atoms with van der Waals surface area (Å²) in [6.45, 7) is 6.41. The van der Waals surface area contributed by atoms with Gasteiger partial charge in [-0.1, -0.05) is 29.8 Å². The molecule has 1 atom stereocenters. The van der Waals surface area contributed by atoms with Gasteiger partial charge >= 0.3 is 0 Å². The fourth-order valence-electron chi connectivity index (χ4n) is 4.46. The number of piperidine rings is 1. The Bertz CT molecular complexity index is 749. The molecule has 164 valence electrons. The summed E-state index contributed by atoms with van der Waals surface area (Å²) in [5.74, 6) is 0.581. The van der Waals surface area contributed by atoms with Crippen LogP contribution in [0.5, 0.6) is 0 Å². The van der Waals surface area contributed by atoms with Gasteiger partial charge in [0.1, 0.15) is 0 Å². The summed E-state index contributed by atoms with van der Waals surface area (Å²) in [5.41, 5.74) is 0.865. The molecule has 2 aliphatic heterocycles. The lowest BCUT2D eigenvalue weighted by Crippen LogP contribution is -2.54. The van der Waals surface area contributed by atoms with Gasteiger partial charge in [0.25, 0.3) is 0 Å². The number of hydrogen-bond donors (Lipinski definition) is 0. The summed E-state index contributed by atoms with van der Waals surface area (Å²) in [5, 5.41) is 0.635. The van der Waals surface area contributed by atoms with Crippen LogP contribution in [0, 0.1) is 5.92 Å². The molecule has 0 spiro atoms. The maximum absolute atomic E-state index is 13.1. The molecule has 1 unspecified atom stereocenters. The molecule has 0 bridgehead atoms. The van der Waals surface area contributed by atoms with Crippen LogP contribution >= 0.6 is 11.6 Å². The van der Waals surface area contributed by atoms with Crippen molar-refractivity contribution in [1.82, 2.24) is 14.7 Å². The maximum atomic E-state index is 13.1. The zero-order valence-electron chi connectivity index (χ0n) is 17.6. The summed E-state index contributed by atoms with van der Waals surface area (Å²) in [6, 6.07) is 7.64. The van der Waals surface area contributed by atoms with E-state index in [1.807, 2.05) is 29.2 Å². The third kappa shape index (κ3) is 5.54. The summed E-state index contributed by atoms with van der Waals surface area (Å²) >= 11 is 6.25. The van der Waals surface area contributed by atoms with Gasteiger partial charge in [-0.25, -0.2) is 0 Å². The van der Waals surface area contributed by atoms with Gasteiger partial charge in [-0.15, -0.1) is 0 Å². The number of halogens is 1. The Labute approximate surface area is 184 Å². The molecule has 3 fully saturated rings. The first-order valence-electron chi connectivity index (χ1n) is 11.2. The molecule has 30 heavy (non-hydrogen) atoms. The SMILES string of the molecule is O=C(Cc1ccccc1Cl)N1CCCC(N(CCN2CCOCC2)C(=O)C2CC2)C1. The van der Waals surface area contributed by atoms with E-state index in [1.54, 1.807) is 0 Å². The number of amides is 2. The highest BCUT2D eigenvalue weighted by Crippen LogP contribution is 2.32. The second kappa shape index (κ2) is 10.1. The van der Waals surface area contributed by atoms with Crippen LogP contribution in [0.15, 0.2) is 24.3 Å². The predicted molar refractivity (Wildman–Crippen MR) is 116 cm³/mol. The van der Waals surface area contributed by atoms with Gasteiger partial charge in [0.05, 0.1) is 19.6 Å². The molecule has 0 aromatic heterocycles. The second-order valence-electron chi connectivity index (χ2n) is 8.66. The summed E-state index contributed by atoms with van der Waals surface area (Å²) in [4.78, 5) is 32.4. The summed E-state index contributed by atoms with van der Waals surface area (Å²) in [6.07, 6.45) is 4.24. The van der Waals surface area contributed by atoms with Crippen LogP contribution in [-0.2, 0) is 20.7 Å². The predicted octanol–water partition coefficient (Wildman–Crippen LogP) is 2.44. The van der Waals surface area contributed by atoms with Gasteiger partial charge in [-0.3, -0.25) is 14.5 Å². The van der Waals surface area contributed by atoms with Crippen LogP contribution < -0.4 is 0 Å². The maximum Gasteiger partial charge on any atom is 0.227 e. The Hall–Kier alpha value is -1.63. The van der Waals surface area contributed by atoms with E-state index in [0.29, 0.717) is 18.0 Å². The number of ether oxygens (including phenoxy) is 1. The van der Waals surface area contributed by atoms with E-state index in [4.69, 9.17) is 16.3 Å². The molecule has 7 heteroatoms. The molecule has 2 heterocycles. The van der Waals surface area contributed by atoms with Crippen molar-refractivity contribution in [3.05, 3.63) is 34.9 Å². The molecule has 2 saturated heterocycles. The minimum Gasteiger partial charge on any atom is -0.379 e. The first kappa shape index (κ1) is 21.6. The molecule has 0 N–H and O–H groups in total. The Morgan fingerprint density at radius 1 is 1.10 bits per heavy atom. The molecule has 1 aliphatic carbocycles. The number of morpholine rings is 1. The summed E-state index contributed by atoms with van der Waals surface area (Å²) in [7, 11) is 0. The number of rotatable bonds is 7. The Kier molecular flexibility index (Phi) is 7.28. The number of carbonyl (C=O) groups is 2. The van der Waals surface area contributed by atoms with Gasteiger partial charge in [0, 0.05) is 56.3 Å². The van der Waals surface area contributed by atoms with Gasteiger partial charge in [0.15, 0.2) is 0 Å². The average Bonchev–Trinajstić information content (AvgIpc) is 3.62. The van der Waals surface area contributed by atoms with E-state index in [2.05, 4.69) is 9.80 Å². The molecular formula is C23H32ClN3O3. The molecule has 2 amide bonds. The highest BCUT2D eigenvalue weighted by Gasteiger charge is 2.38. The van der Waals surface area contributed by atoms with E-state index >= 15 is 0 Å². The van der Waals surface area contributed by atoms with Gasteiger partial charge in [-0.2, -0.15) is 0 Å². The largest absolute Gasteiger partial charge is 0.379 e. The number of likely N-dealkylation sites (tertiary alicyclic amines) is 1. The second-order valence-corrected chi connectivity index (χ2v) is 9.07. The van der Waals surface area contributed by atoms with Crippen molar-refractivity contribution in [2.45, 2.75) is 38.1 Å². The van der Waals surface area contributed by atoms with E-state index in [0.717, 1.165) is 77.2 Å². The third-order valence-corrected chi connectivity index (χ3v) is 6.83. The van der Waals surface area contributed by atoms with Crippen molar-refractivity contribution < 1.29 is 14.3 Å². The molecule has 1 aromatic carbocycles. The van der Waals surface area contributed by atoms with Crippen LogP contribution in [0.3, 0.4) is 0 Å². The number of nitrogens with zero attached hydrogens (tertiary/aromatic N) is 3. The zero-order valence-corrected chi connectivity index (χ0v) is 18.4. The zero-order chi connectivity index (χ0) is 20.9. The fraction of sp³-hybridized carbons (Fsp3) is 0.652. The lowest BCUT2D eigenvalue weighted by molar-refractivity contribution is -0.140. The Balaban J connectivity index is 1.38. The molecule has 1 saturated carbocycles. The van der Waals surface area contributed by atoms with Crippen molar-refractivity contribution in [3.8, 4) is 0 Å². The Morgan fingerprint density at radius 3 is 2.60 bits per heavy atom. The van der Waals surface area contributed by atoms with E-state index in [9.17, 15) is 9.59 Å². The number of carbonyl (C=O) groups excluding carboxylic acids is 2. The lowest BCUT2D eigenvalue weighted by atomic mass is 10.0. The monoisotopic (exact) mass is 433 g/mol. The Morgan fingerprint density at radius 2 is 1.87 bits per heavy atom.